The quantitative estimate of drug-likeness (QED) is 0.184. The second-order valence-corrected chi connectivity index (χ2v) is 11.5. The summed E-state index contributed by atoms with van der Waals surface area (Å²) in [6, 6.07) is 3.06. The molecule has 0 radical (unpaired) electrons. The molecule has 2 heterocycles. The molecule has 0 fully saturated rings. The van der Waals surface area contributed by atoms with Gasteiger partial charge in [-0.15, -0.1) is 21.5 Å². The zero-order valence-corrected chi connectivity index (χ0v) is 24.3. The van der Waals surface area contributed by atoms with Crippen molar-refractivity contribution in [3.63, 3.8) is 0 Å². The Labute approximate surface area is 237 Å². The number of benzene rings is 1. The minimum Gasteiger partial charge on any atom is -0.493 e. The number of carbonyl (C=O) groups excluding carboxylic acids is 3. The van der Waals surface area contributed by atoms with E-state index in [1.54, 1.807) is 6.92 Å². The number of methoxy groups -OCH3 is 3. The first-order valence-corrected chi connectivity index (χ1v) is 14.7. The van der Waals surface area contributed by atoms with Gasteiger partial charge in [-0.3, -0.25) is 14.9 Å². The van der Waals surface area contributed by atoms with Gasteiger partial charge in [0.1, 0.15) is 5.00 Å². The molecule has 0 unspecified atom stereocenters. The summed E-state index contributed by atoms with van der Waals surface area (Å²) in [6.45, 7) is 2.03. The van der Waals surface area contributed by atoms with Crippen LogP contribution in [0.25, 0.3) is 0 Å². The van der Waals surface area contributed by atoms with Gasteiger partial charge < -0.3 is 24.3 Å². The smallest absolute Gasteiger partial charge is 0.341 e. The number of thiophene rings is 1. The minimum absolute atomic E-state index is 0.0558. The van der Waals surface area contributed by atoms with Crippen molar-refractivity contribution in [3.05, 3.63) is 33.7 Å². The molecule has 2 amide bonds. The summed E-state index contributed by atoms with van der Waals surface area (Å²) in [4.78, 5) is 39.3. The summed E-state index contributed by atoms with van der Waals surface area (Å²) in [6.07, 6.45) is 3.77. The van der Waals surface area contributed by atoms with Crippen LogP contribution in [0.5, 0.6) is 17.2 Å². The molecule has 0 spiro atoms. The Morgan fingerprint density at radius 1 is 0.974 bits per heavy atom. The fourth-order valence-corrected chi connectivity index (χ4v) is 6.90. The standard InChI is InChI=1S/C25H28N4O7S3/c1-5-36-23(32)19-14-8-6-7-9-17(14)38-22(19)26-18(30)12-37-25-29-28-24(39-25)27-21(31)13-10-15(33-2)20(35-4)16(11-13)34-3/h10-11H,5-9,12H2,1-4H3,(H,26,30)(H,27,28,31). The highest BCUT2D eigenvalue weighted by Crippen LogP contribution is 2.40. The van der Waals surface area contributed by atoms with Gasteiger partial charge in [-0.1, -0.05) is 23.1 Å². The molecule has 0 saturated carbocycles. The first-order chi connectivity index (χ1) is 18.9. The van der Waals surface area contributed by atoms with Gasteiger partial charge >= 0.3 is 5.97 Å². The number of thioether (sulfide) groups is 1. The van der Waals surface area contributed by atoms with Crippen LogP contribution in [0.3, 0.4) is 0 Å². The van der Waals surface area contributed by atoms with E-state index in [0.717, 1.165) is 47.5 Å². The molecule has 11 nitrogen and oxygen atoms in total. The lowest BCUT2D eigenvalue weighted by Crippen LogP contribution is -2.17. The molecular formula is C25H28N4O7S3. The summed E-state index contributed by atoms with van der Waals surface area (Å²) in [5.74, 6) is 0.00644. The van der Waals surface area contributed by atoms with Gasteiger partial charge in [-0.05, 0) is 50.3 Å². The first-order valence-electron chi connectivity index (χ1n) is 12.1. The third kappa shape index (κ3) is 6.62. The topological polar surface area (TPSA) is 138 Å². The van der Waals surface area contributed by atoms with Crippen LogP contribution in [-0.4, -0.2) is 61.7 Å². The van der Waals surface area contributed by atoms with Crippen molar-refractivity contribution in [1.29, 1.82) is 0 Å². The van der Waals surface area contributed by atoms with E-state index in [9.17, 15) is 14.4 Å². The number of anilines is 2. The Kier molecular flexibility index (Phi) is 9.64. The van der Waals surface area contributed by atoms with Crippen molar-refractivity contribution in [1.82, 2.24) is 10.2 Å². The molecule has 1 aliphatic carbocycles. The van der Waals surface area contributed by atoms with Crippen LogP contribution in [-0.2, 0) is 22.4 Å². The largest absolute Gasteiger partial charge is 0.493 e. The molecule has 4 rings (SSSR count). The number of carbonyl (C=O) groups is 3. The highest BCUT2D eigenvalue weighted by atomic mass is 32.2. The average Bonchev–Trinajstić information content (AvgIpc) is 3.54. The number of nitrogens with one attached hydrogen (secondary N) is 2. The number of aromatic nitrogens is 2. The molecule has 0 saturated heterocycles. The molecule has 208 valence electrons. The van der Waals surface area contributed by atoms with Crippen molar-refractivity contribution in [2.75, 3.05) is 44.3 Å². The Balaban J connectivity index is 1.38. The number of ether oxygens (including phenoxy) is 4. The zero-order chi connectivity index (χ0) is 27.9. The van der Waals surface area contributed by atoms with E-state index in [4.69, 9.17) is 18.9 Å². The Morgan fingerprint density at radius 2 is 1.69 bits per heavy atom. The zero-order valence-electron chi connectivity index (χ0n) is 21.9. The predicted octanol–water partition coefficient (Wildman–Crippen LogP) is 4.66. The fraction of sp³-hybridized carbons (Fsp3) is 0.400. The summed E-state index contributed by atoms with van der Waals surface area (Å²) in [5, 5.41) is 14.4. The third-order valence-corrected chi connectivity index (χ3v) is 8.96. The summed E-state index contributed by atoms with van der Waals surface area (Å²) >= 11 is 3.76. The molecule has 2 aromatic heterocycles. The Hall–Kier alpha value is -3.36. The monoisotopic (exact) mass is 592 g/mol. The summed E-state index contributed by atoms with van der Waals surface area (Å²) in [7, 11) is 4.41. The molecule has 1 aliphatic rings. The van der Waals surface area contributed by atoms with Crippen LogP contribution >= 0.6 is 34.4 Å². The van der Waals surface area contributed by atoms with E-state index in [2.05, 4.69) is 20.8 Å². The van der Waals surface area contributed by atoms with Crippen molar-refractivity contribution < 1.29 is 33.3 Å². The van der Waals surface area contributed by atoms with Crippen molar-refractivity contribution >= 4 is 62.4 Å². The van der Waals surface area contributed by atoms with E-state index in [0.29, 0.717) is 32.2 Å². The lowest BCUT2D eigenvalue weighted by atomic mass is 9.95. The molecule has 2 N–H and O–H groups in total. The maximum atomic E-state index is 12.8. The van der Waals surface area contributed by atoms with Gasteiger partial charge in [-0.2, -0.15) is 0 Å². The number of nitrogens with zero attached hydrogens (tertiary/aromatic N) is 2. The molecule has 1 aromatic carbocycles. The summed E-state index contributed by atoms with van der Waals surface area (Å²) < 4.78 is 21.6. The normalized spacial score (nSPS) is 12.3. The van der Waals surface area contributed by atoms with Crippen molar-refractivity contribution in [2.24, 2.45) is 0 Å². The molecule has 0 atom stereocenters. The van der Waals surface area contributed by atoms with Gasteiger partial charge in [0.25, 0.3) is 5.91 Å². The Bertz CT molecular complexity index is 1350. The van der Waals surface area contributed by atoms with Gasteiger partial charge in [0.15, 0.2) is 15.8 Å². The molecular weight excluding hydrogens is 564 g/mol. The van der Waals surface area contributed by atoms with E-state index < -0.39 is 11.9 Å². The first kappa shape index (κ1) is 28.6. The Morgan fingerprint density at radius 3 is 2.36 bits per heavy atom. The predicted molar refractivity (Wildman–Crippen MR) is 150 cm³/mol. The highest BCUT2D eigenvalue weighted by Gasteiger charge is 2.27. The van der Waals surface area contributed by atoms with E-state index >= 15 is 0 Å². The summed E-state index contributed by atoms with van der Waals surface area (Å²) in [5.41, 5.74) is 1.75. The molecule has 3 aromatic rings. The SMILES string of the molecule is CCOC(=O)c1c(NC(=O)CSc2nnc(NC(=O)c3cc(OC)c(OC)c(OC)c3)s2)sc2c1CCCC2. The number of hydrogen-bond acceptors (Lipinski definition) is 12. The fourth-order valence-electron chi connectivity index (χ4n) is 4.06. The van der Waals surface area contributed by atoms with Crippen LogP contribution in [0.1, 0.15) is 50.9 Å². The second kappa shape index (κ2) is 13.1. The van der Waals surface area contributed by atoms with Crippen molar-refractivity contribution in [2.45, 2.75) is 36.9 Å². The van der Waals surface area contributed by atoms with Crippen LogP contribution < -0.4 is 24.8 Å². The van der Waals surface area contributed by atoms with Crippen LogP contribution in [0.15, 0.2) is 16.5 Å². The number of fused-ring (bicyclic) bond motifs is 1. The molecule has 39 heavy (non-hydrogen) atoms. The van der Waals surface area contributed by atoms with Crippen molar-refractivity contribution in [3.8, 4) is 17.2 Å². The molecule has 14 heteroatoms. The maximum Gasteiger partial charge on any atom is 0.341 e. The number of aryl methyl sites for hydroxylation is 1. The van der Waals surface area contributed by atoms with Crippen LogP contribution in [0.2, 0.25) is 0 Å². The number of hydrogen-bond donors (Lipinski definition) is 2. The van der Waals surface area contributed by atoms with Gasteiger partial charge in [0.05, 0.1) is 39.3 Å². The van der Waals surface area contributed by atoms with Crippen LogP contribution in [0, 0.1) is 0 Å². The maximum absolute atomic E-state index is 12.8. The lowest BCUT2D eigenvalue weighted by molar-refractivity contribution is -0.113. The van der Waals surface area contributed by atoms with E-state index in [1.165, 1.54) is 56.6 Å². The van der Waals surface area contributed by atoms with Gasteiger partial charge in [0.2, 0.25) is 16.8 Å². The second-order valence-electron chi connectivity index (χ2n) is 8.21. The van der Waals surface area contributed by atoms with Gasteiger partial charge in [0, 0.05) is 10.4 Å². The highest BCUT2D eigenvalue weighted by molar-refractivity contribution is 8.01. The van der Waals surface area contributed by atoms with E-state index in [-0.39, 0.29) is 29.0 Å². The number of amides is 2. The number of rotatable bonds is 11. The third-order valence-electron chi connectivity index (χ3n) is 5.78. The van der Waals surface area contributed by atoms with Gasteiger partial charge in [-0.25, -0.2) is 4.79 Å². The van der Waals surface area contributed by atoms with Crippen LogP contribution in [0.4, 0.5) is 10.1 Å². The van der Waals surface area contributed by atoms with E-state index in [1.807, 2.05) is 0 Å². The minimum atomic E-state index is -0.437. The molecule has 0 aliphatic heterocycles. The molecule has 0 bridgehead atoms. The number of esters is 1. The lowest BCUT2D eigenvalue weighted by Gasteiger charge is -2.13. The average molecular weight is 593 g/mol.